The van der Waals surface area contributed by atoms with Gasteiger partial charge in [0, 0.05) is 5.56 Å². The summed E-state index contributed by atoms with van der Waals surface area (Å²) in [6, 6.07) is 16.7. The van der Waals surface area contributed by atoms with Crippen LogP contribution in [0.25, 0.3) is 0 Å². The number of allylic oxidation sites excluding steroid dienone is 2. The van der Waals surface area contributed by atoms with Gasteiger partial charge in [0.25, 0.3) is 5.70 Å². The maximum absolute atomic E-state index is 12.5. The molecular weight excluding hydrogens is 462 g/mol. The van der Waals surface area contributed by atoms with Gasteiger partial charge in [-0.3, -0.25) is 10.1 Å². The average Bonchev–Trinajstić information content (AvgIpc) is 2.87. The fourth-order valence-electron chi connectivity index (χ4n) is 4.09. The molecule has 1 aliphatic heterocycles. The minimum absolute atomic E-state index is 0.108. The number of carbonyl (C=O) groups is 1. The predicted octanol–water partition coefficient (Wildman–Crippen LogP) is 5.36. The highest BCUT2D eigenvalue weighted by Gasteiger charge is 2.41. The monoisotopic (exact) mass is 495 g/mol. The summed E-state index contributed by atoms with van der Waals surface area (Å²) in [5.41, 5.74) is 7.69. The highest BCUT2D eigenvalue weighted by Crippen LogP contribution is 2.42. The Morgan fingerprint density at radius 2 is 1.69 bits per heavy atom. The lowest BCUT2D eigenvalue weighted by atomic mass is 9.88. The molecule has 3 N–H and O–H groups in total. The summed E-state index contributed by atoms with van der Waals surface area (Å²) in [4.78, 5) is 24.2. The van der Waals surface area contributed by atoms with E-state index in [2.05, 4.69) is 5.32 Å². The van der Waals surface area contributed by atoms with Gasteiger partial charge in [0.2, 0.25) is 0 Å². The third-order valence-electron chi connectivity index (χ3n) is 5.84. The quantitative estimate of drug-likeness (QED) is 0.174. The first-order valence-corrected chi connectivity index (χ1v) is 12.1. The zero-order chi connectivity index (χ0) is 25.9. The Morgan fingerprint density at radius 1 is 1.00 bits per heavy atom. The van der Waals surface area contributed by atoms with Gasteiger partial charge < -0.3 is 25.3 Å². The Kier molecular flexibility index (Phi) is 9.88. The predicted molar refractivity (Wildman–Crippen MR) is 135 cm³/mol. The topological polar surface area (TPSA) is 126 Å². The molecule has 3 rings (SSSR count). The van der Waals surface area contributed by atoms with Crippen molar-refractivity contribution in [3.05, 3.63) is 98.7 Å². The van der Waals surface area contributed by atoms with E-state index >= 15 is 0 Å². The van der Waals surface area contributed by atoms with E-state index in [1.54, 1.807) is 38.1 Å². The van der Waals surface area contributed by atoms with Crippen LogP contribution in [0.5, 0.6) is 5.75 Å². The largest absolute Gasteiger partial charge is 0.513 e. The Hall–Kier alpha value is -3.85. The Bertz CT molecular complexity index is 1110. The molecule has 1 unspecified atom stereocenters. The number of nitrogens with two attached hydrogens (primary N) is 1. The zero-order valence-electron chi connectivity index (χ0n) is 20.7. The van der Waals surface area contributed by atoms with Gasteiger partial charge in [0.1, 0.15) is 24.0 Å². The molecule has 0 radical (unpaired) electrons. The number of hydrogen-bond donors (Lipinski definition) is 2. The molecule has 1 atom stereocenters. The first-order chi connectivity index (χ1) is 17.4. The third kappa shape index (κ3) is 7.08. The molecule has 0 spiro atoms. The highest BCUT2D eigenvalue weighted by atomic mass is 16.7. The minimum Gasteiger partial charge on any atom is -0.489 e. The van der Waals surface area contributed by atoms with Gasteiger partial charge >= 0.3 is 6.16 Å². The first kappa shape index (κ1) is 26.7. The van der Waals surface area contributed by atoms with Crippen LogP contribution < -0.4 is 15.8 Å². The summed E-state index contributed by atoms with van der Waals surface area (Å²) < 4.78 is 16.9. The summed E-state index contributed by atoms with van der Waals surface area (Å²) in [7, 11) is 0. The molecule has 0 saturated carbocycles. The molecule has 0 aromatic heterocycles. The van der Waals surface area contributed by atoms with Crippen molar-refractivity contribution in [2.45, 2.75) is 52.1 Å². The van der Waals surface area contributed by atoms with Crippen LogP contribution in [0.1, 0.15) is 56.6 Å². The van der Waals surface area contributed by atoms with Crippen molar-refractivity contribution in [2.75, 3.05) is 13.2 Å². The summed E-state index contributed by atoms with van der Waals surface area (Å²) in [6.45, 7) is 4.44. The molecule has 9 heteroatoms. The van der Waals surface area contributed by atoms with E-state index in [9.17, 15) is 14.9 Å². The second-order valence-corrected chi connectivity index (χ2v) is 8.53. The molecule has 9 nitrogen and oxygen atoms in total. The van der Waals surface area contributed by atoms with Crippen LogP contribution in [0.2, 0.25) is 0 Å². The van der Waals surface area contributed by atoms with Crippen molar-refractivity contribution in [1.82, 2.24) is 5.32 Å². The normalized spacial score (nSPS) is 15.4. The molecule has 1 heterocycles. The van der Waals surface area contributed by atoms with Gasteiger partial charge in [-0.1, -0.05) is 61.4 Å². The number of rotatable bonds is 12. The van der Waals surface area contributed by atoms with Crippen molar-refractivity contribution in [3.8, 4) is 5.75 Å². The van der Waals surface area contributed by atoms with Crippen molar-refractivity contribution < 1.29 is 23.9 Å². The van der Waals surface area contributed by atoms with Gasteiger partial charge in [-0.2, -0.15) is 0 Å². The number of para-hydroxylation sites is 1. The molecule has 1 aliphatic rings. The lowest BCUT2D eigenvalue weighted by Gasteiger charge is -2.27. The Morgan fingerprint density at radius 3 is 2.42 bits per heavy atom. The van der Waals surface area contributed by atoms with Crippen LogP contribution in [0, 0.1) is 10.1 Å². The molecule has 0 bridgehead atoms. The van der Waals surface area contributed by atoms with Gasteiger partial charge in [-0.25, -0.2) is 4.79 Å². The number of hydrogen-bond acceptors (Lipinski definition) is 8. The van der Waals surface area contributed by atoms with E-state index in [1.807, 2.05) is 30.3 Å². The minimum atomic E-state index is -0.967. The number of dihydropyridines is 1. The maximum Gasteiger partial charge on any atom is 0.513 e. The van der Waals surface area contributed by atoms with Gasteiger partial charge in [-0.05, 0) is 44.9 Å². The highest BCUT2D eigenvalue weighted by molar-refractivity contribution is 5.63. The molecule has 0 saturated heterocycles. The average molecular weight is 496 g/mol. The standard InChI is InChI=1S/C27H33N3O6/c1-19-25(30(32)33)24(22-14-8-9-15-23(22)35-18-21-12-6-5-7-13-21)26(20(2)29-19)36-27(31)34-17-11-4-3-10-16-28/h5-9,12-15,24,29H,3-4,10-11,16-18,28H2,1-2H3. The zero-order valence-corrected chi connectivity index (χ0v) is 20.7. The molecule has 2 aromatic rings. The van der Waals surface area contributed by atoms with Crippen LogP contribution in [0.15, 0.2) is 77.4 Å². The van der Waals surface area contributed by atoms with E-state index < -0.39 is 17.0 Å². The number of unbranched alkanes of at least 4 members (excludes halogenated alkanes) is 3. The lowest BCUT2D eigenvalue weighted by molar-refractivity contribution is -0.431. The fourth-order valence-corrected chi connectivity index (χ4v) is 4.09. The summed E-state index contributed by atoms with van der Waals surface area (Å²) in [6.07, 6.45) is 2.55. The van der Waals surface area contributed by atoms with Crippen LogP contribution in [-0.4, -0.2) is 24.2 Å². The number of nitro groups is 1. The van der Waals surface area contributed by atoms with Gasteiger partial charge in [0.15, 0.2) is 0 Å². The summed E-state index contributed by atoms with van der Waals surface area (Å²) in [5.74, 6) is -0.399. The molecular formula is C27H33N3O6. The summed E-state index contributed by atoms with van der Waals surface area (Å²) >= 11 is 0. The molecule has 192 valence electrons. The van der Waals surface area contributed by atoms with E-state index in [0.29, 0.717) is 35.7 Å². The number of benzene rings is 2. The van der Waals surface area contributed by atoms with E-state index in [-0.39, 0.29) is 24.7 Å². The third-order valence-corrected chi connectivity index (χ3v) is 5.84. The van der Waals surface area contributed by atoms with Crippen molar-refractivity contribution in [3.63, 3.8) is 0 Å². The number of nitrogens with one attached hydrogen (secondary N) is 1. The van der Waals surface area contributed by atoms with Crippen LogP contribution in [-0.2, 0) is 16.1 Å². The lowest BCUT2D eigenvalue weighted by Crippen LogP contribution is -2.30. The van der Waals surface area contributed by atoms with E-state index in [4.69, 9.17) is 19.9 Å². The van der Waals surface area contributed by atoms with Crippen molar-refractivity contribution >= 4 is 6.16 Å². The maximum atomic E-state index is 12.5. The van der Waals surface area contributed by atoms with Crippen LogP contribution >= 0.6 is 0 Å². The fraction of sp³-hybridized carbons (Fsp3) is 0.370. The molecule has 0 fully saturated rings. The van der Waals surface area contributed by atoms with E-state index in [0.717, 1.165) is 24.8 Å². The number of ether oxygens (including phenoxy) is 3. The second kappa shape index (κ2) is 13.3. The number of nitrogens with zero attached hydrogens (tertiary/aromatic N) is 1. The van der Waals surface area contributed by atoms with E-state index in [1.165, 1.54) is 0 Å². The van der Waals surface area contributed by atoms with Gasteiger partial charge in [0.05, 0.1) is 22.9 Å². The van der Waals surface area contributed by atoms with Crippen LogP contribution in [0.4, 0.5) is 4.79 Å². The SMILES string of the molecule is CC1=C(OC(=O)OCCCCCCN)C(c2ccccc2OCc2ccccc2)C([N+](=O)[O-])=C(C)N1. The smallest absolute Gasteiger partial charge is 0.489 e. The van der Waals surface area contributed by atoms with Crippen molar-refractivity contribution in [2.24, 2.45) is 5.73 Å². The Labute approximate surface area is 211 Å². The van der Waals surface area contributed by atoms with Crippen molar-refractivity contribution in [1.29, 1.82) is 0 Å². The Balaban J connectivity index is 1.84. The first-order valence-electron chi connectivity index (χ1n) is 12.1. The molecule has 0 amide bonds. The van der Waals surface area contributed by atoms with Gasteiger partial charge in [-0.15, -0.1) is 0 Å². The van der Waals surface area contributed by atoms with Crippen LogP contribution in [0.3, 0.4) is 0 Å². The molecule has 36 heavy (non-hydrogen) atoms. The molecule has 2 aromatic carbocycles. The summed E-state index contributed by atoms with van der Waals surface area (Å²) in [5, 5.41) is 15.1. The number of carbonyl (C=O) groups excluding carboxylic acids is 1. The second-order valence-electron chi connectivity index (χ2n) is 8.53. The molecule has 0 aliphatic carbocycles.